The highest BCUT2D eigenvalue weighted by atomic mass is 35.5. The Morgan fingerprint density at radius 3 is 2.48 bits per heavy atom. The summed E-state index contributed by atoms with van der Waals surface area (Å²) in [4.78, 5) is 12.8. The first-order valence-corrected chi connectivity index (χ1v) is 9.41. The number of quaternary nitrogens is 1. The van der Waals surface area contributed by atoms with Crippen LogP contribution in [0.25, 0.3) is 0 Å². The maximum atomic E-state index is 12.8. The van der Waals surface area contributed by atoms with Gasteiger partial charge in [-0.25, -0.2) is 4.79 Å². The van der Waals surface area contributed by atoms with E-state index in [0.717, 1.165) is 35.6 Å². The Kier molecular flexibility index (Phi) is 3.92. The zero-order chi connectivity index (χ0) is 19.0. The molecule has 0 bridgehead atoms. The van der Waals surface area contributed by atoms with Crippen LogP contribution in [-0.2, 0) is 11.2 Å². The maximum absolute atomic E-state index is 12.8. The molecule has 0 radical (unpaired) electrons. The van der Waals surface area contributed by atoms with E-state index >= 15 is 0 Å². The van der Waals surface area contributed by atoms with Gasteiger partial charge in [0.25, 0.3) is 0 Å². The van der Waals surface area contributed by atoms with Gasteiger partial charge >= 0.3 is 5.97 Å². The lowest BCUT2D eigenvalue weighted by molar-refractivity contribution is -0.927. The summed E-state index contributed by atoms with van der Waals surface area (Å²) in [5.41, 5.74) is 3.71. The van der Waals surface area contributed by atoms with Crippen LogP contribution in [0.2, 0.25) is 0 Å². The third-order valence-electron chi connectivity index (χ3n) is 6.27. The van der Waals surface area contributed by atoms with Gasteiger partial charge in [-0.15, -0.1) is 0 Å². The van der Waals surface area contributed by atoms with Crippen LogP contribution < -0.4 is 31.4 Å². The molecule has 29 heavy (non-hydrogen) atoms. The summed E-state index contributed by atoms with van der Waals surface area (Å²) in [6.07, 6.45) is 0.538. The molecule has 7 nitrogen and oxygen atoms in total. The second kappa shape index (κ2) is 6.18. The van der Waals surface area contributed by atoms with Gasteiger partial charge in [0, 0.05) is 17.5 Å². The van der Waals surface area contributed by atoms with E-state index in [9.17, 15) is 4.79 Å². The Balaban J connectivity index is 0.00000181. The second-order valence-corrected chi connectivity index (χ2v) is 8.19. The molecule has 4 aliphatic heterocycles. The highest BCUT2D eigenvalue weighted by molar-refractivity contribution is 5.98. The smallest absolute Gasteiger partial charge is 0.343 e. The largest absolute Gasteiger partial charge is 1.00 e. The lowest BCUT2D eigenvalue weighted by Gasteiger charge is -2.44. The molecule has 0 amide bonds. The number of hydrogen-bond donors (Lipinski definition) is 0. The fraction of sp³-hybridized carbons (Fsp3) is 0.381. The summed E-state index contributed by atoms with van der Waals surface area (Å²) in [7, 11) is 4.36. The number of nitrogens with zero attached hydrogens (tertiary/aromatic N) is 1. The van der Waals surface area contributed by atoms with Crippen molar-refractivity contribution in [3.05, 3.63) is 46.5 Å². The van der Waals surface area contributed by atoms with Crippen molar-refractivity contribution in [2.75, 3.05) is 34.2 Å². The number of fused-ring (bicyclic) bond motifs is 5. The Bertz CT molecular complexity index is 1040. The number of esters is 1. The van der Waals surface area contributed by atoms with Gasteiger partial charge < -0.3 is 40.6 Å². The fourth-order valence-corrected chi connectivity index (χ4v) is 4.85. The molecule has 2 aromatic carbocycles. The molecule has 0 aliphatic carbocycles. The minimum atomic E-state index is -0.397. The molecule has 0 unspecified atom stereocenters. The predicted molar refractivity (Wildman–Crippen MR) is 96.7 cm³/mol. The van der Waals surface area contributed by atoms with Crippen LogP contribution >= 0.6 is 0 Å². The Morgan fingerprint density at radius 1 is 0.931 bits per heavy atom. The van der Waals surface area contributed by atoms with Gasteiger partial charge in [-0.05, 0) is 23.8 Å². The van der Waals surface area contributed by atoms with Gasteiger partial charge in [-0.3, -0.25) is 0 Å². The summed E-state index contributed by atoms with van der Waals surface area (Å²) in [6.45, 7) is 1.30. The number of carbonyl (C=O) groups excluding carboxylic acids is 1. The van der Waals surface area contributed by atoms with Gasteiger partial charge in [0.1, 0.15) is 5.56 Å². The minimum Gasteiger partial charge on any atom is -1.00 e. The van der Waals surface area contributed by atoms with E-state index in [2.05, 4.69) is 26.2 Å². The average molecular weight is 418 g/mol. The molecule has 0 fully saturated rings. The number of halogens is 1. The molecule has 2 atom stereocenters. The van der Waals surface area contributed by atoms with Crippen molar-refractivity contribution >= 4 is 5.97 Å². The molecule has 0 aromatic heterocycles. The first kappa shape index (κ1) is 18.4. The molecule has 2 aromatic rings. The molecular weight excluding hydrogens is 398 g/mol. The van der Waals surface area contributed by atoms with E-state index in [1.54, 1.807) is 0 Å². The van der Waals surface area contributed by atoms with E-state index in [-0.39, 0.29) is 38.0 Å². The van der Waals surface area contributed by atoms with Crippen LogP contribution in [0.15, 0.2) is 24.3 Å². The number of carbonyl (C=O) groups is 1. The number of cyclic esters (lactones) is 1. The van der Waals surface area contributed by atoms with Crippen molar-refractivity contribution in [1.29, 1.82) is 0 Å². The molecule has 0 spiro atoms. The lowest BCUT2D eigenvalue weighted by atomic mass is 9.84. The van der Waals surface area contributed by atoms with Crippen LogP contribution in [0.1, 0.15) is 39.2 Å². The SMILES string of the molecule is C[N+]1(C)CCc2cc3c(cc2[C@@H]1[C@@H]1OC(=O)c2c1ccc1c2OCO1)OCO3.[Cl-]. The number of hydrogen-bond acceptors (Lipinski definition) is 6. The van der Waals surface area contributed by atoms with E-state index in [1.807, 2.05) is 12.1 Å². The first-order chi connectivity index (χ1) is 13.5. The van der Waals surface area contributed by atoms with E-state index in [4.69, 9.17) is 23.7 Å². The Hall–Kier alpha value is -2.64. The van der Waals surface area contributed by atoms with Crippen LogP contribution in [0.4, 0.5) is 0 Å². The fourth-order valence-electron chi connectivity index (χ4n) is 4.85. The number of benzene rings is 2. The molecule has 0 saturated heterocycles. The predicted octanol–water partition coefficient (Wildman–Crippen LogP) is -0.267. The van der Waals surface area contributed by atoms with Crippen molar-refractivity contribution in [1.82, 2.24) is 0 Å². The van der Waals surface area contributed by atoms with Crippen LogP contribution in [-0.4, -0.2) is 44.7 Å². The zero-order valence-electron chi connectivity index (χ0n) is 16.1. The van der Waals surface area contributed by atoms with E-state index in [1.165, 1.54) is 5.56 Å². The van der Waals surface area contributed by atoms with E-state index in [0.29, 0.717) is 21.5 Å². The molecular formula is C21H20ClNO6. The third-order valence-corrected chi connectivity index (χ3v) is 6.27. The molecule has 0 N–H and O–H groups in total. The zero-order valence-corrected chi connectivity index (χ0v) is 16.8. The molecule has 4 heterocycles. The van der Waals surface area contributed by atoms with Crippen LogP contribution in [0.3, 0.4) is 0 Å². The number of likely N-dealkylation sites (N-methyl/N-ethyl adjacent to an activating group) is 1. The topological polar surface area (TPSA) is 63.2 Å². The first-order valence-electron chi connectivity index (χ1n) is 9.41. The van der Waals surface area contributed by atoms with Gasteiger partial charge in [0.2, 0.25) is 13.6 Å². The Labute approximate surface area is 174 Å². The number of rotatable bonds is 1. The average Bonchev–Trinajstić information content (AvgIpc) is 3.37. The maximum Gasteiger partial charge on any atom is 0.343 e. The summed E-state index contributed by atoms with van der Waals surface area (Å²) >= 11 is 0. The monoisotopic (exact) mass is 417 g/mol. The molecule has 8 heteroatoms. The summed E-state index contributed by atoms with van der Waals surface area (Å²) in [5.74, 6) is 2.28. The lowest BCUT2D eigenvalue weighted by Crippen LogP contribution is -3.00. The minimum absolute atomic E-state index is 0. The molecule has 4 aliphatic rings. The summed E-state index contributed by atoms with van der Waals surface area (Å²) < 4.78 is 28.8. The molecule has 0 saturated carbocycles. The highest BCUT2D eigenvalue weighted by Gasteiger charge is 2.50. The number of ether oxygens (including phenoxy) is 5. The van der Waals surface area contributed by atoms with Crippen molar-refractivity contribution in [3.8, 4) is 23.0 Å². The Morgan fingerprint density at radius 2 is 1.66 bits per heavy atom. The quantitative estimate of drug-likeness (QED) is 0.470. The van der Waals surface area contributed by atoms with Crippen molar-refractivity contribution in [2.24, 2.45) is 0 Å². The van der Waals surface area contributed by atoms with Crippen LogP contribution in [0.5, 0.6) is 23.0 Å². The van der Waals surface area contributed by atoms with Gasteiger partial charge in [0.05, 0.1) is 20.6 Å². The van der Waals surface area contributed by atoms with Gasteiger partial charge in [-0.2, -0.15) is 0 Å². The van der Waals surface area contributed by atoms with Gasteiger partial charge in [0.15, 0.2) is 35.1 Å². The normalized spacial score (nSPS) is 24.4. The summed E-state index contributed by atoms with van der Waals surface area (Å²) in [6, 6.07) is 7.87. The third kappa shape index (κ3) is 2.50. The second-order valence-electron chi connectivity index (χ2n) is 8.19. The molecule has 152 valence electrons. The summed E-state index contributed by atoms with van der Waals surface area (Å²) in [5, 5.41) is 0. The van der Waals surface area contributed by atoms with Crippen molar-refractivity contribution < 1.29 is 45.4 Å². The van der Waals surface area contributed by atoms with Crippen molar-refractivity contribution in [3.63, 3.8) is 0 Å². The van der Waals surface area contributed by atoms with Crippen molar-refractivity contribution in [2.45, 2.75) is 18.6 Å². The highest BCUT2D eigenvalue weighted by Crippen LogP contribution is 2.53. The van der Waals surface area contributed by atoms with E-state index < -0.39 is 6.10 Å². The van der Waals surface area contributed by atoms with Gasteiger partial charge in [-0.1, -0.05) is 6.07 Å². The van der Waals surface area contributed by atoms with Crippen LogP contribution in [0, 0.1) is 0 Å². The molecule has 6 rings (SSSR count). The standard InChI is InChI=1S/C21H20NO6.ClH/c1-22(2)6-5-11-7-15-16(26-9-25-15)8-13(11)18(22)19-12-3-4-14-20(27-10-24-14)17(12)21(23)28-19;/h3-4,7-8,18-19H,5-6,9-10H2,1-2H3;1H/q+1;/p-1/t18-,19-;/m1./s1.